The van der Waals surface area contributed by atoms with Crippen LogP contribution < -0.4 is 5.32 Å². The van der Waals surface area contributed by atoms with Crippen molar-refractivity contribution in [3.8, 4) is 11.4 Å². The summed E-state index contributed by atoms with van der Waals surface area (Å²) < 4.78 is 9.62. The second kappa shape index (κ2) is 6.64. The highest BCUT2D eigenvalue weighted by Gasteiger charge is 2.30. The molecule has 0 bridgehead atoms. The minimum absolute atomic E-state index is 0.0936. The molecule has 1 N–H and O–H groups in total. The quantitative estimate of drug-likeness (QED) is 0.763. The van der Waals surface area contributed by atoms with Crippen LogP contribution in [0.1, 0.15) is 18.1 Å². The number of anilines is 1. The molecule has 25 heavy (non-hydrogen) atoms. The first-order chi connectivity index (χ1) is 12.2. The molecule has 0 radical (unpaired) electrons. The Morgan fingerprint density at radius 2 is 2.20 bits per heavy atom. The van der Waals surface area contributed by atoms with Gasteiger partial charge in [-0.05, 0) is 12.5 Å². The van der Waals surface area contributed by atoms with Crippen molar-refractivity contribution in [2.24, 2.45) is 20.0 Å². The standard InChI is InChI=1S/C17H21N7O/c1-23-11-20-22-17(23)13-5-15(9-18-6-13)19-7-12-3-4-25-16(12)14-8-21-24(2)10-14/h5-6,8-12,16,19H,3-4,7H2,1-2H3/t12-,16+/m1/s1. The molecule has 3 aromatic rings. The Morgan fingerprint density at radius 3 is 2.96 bits per heavy atom. The first-order valence-corrected chi connectivity index (χ1v) is 8.34. The molecule has 0 aliphatic carbocycles. The third-order valence-electron chi connectivity index (χ3n) is 4.54. The number of pyridine rings is 1. The van der Waals surface area contributed by atoms with Gasteiger partial charge in [0.05, 0.1) is 18.0 Å². The van der Waals surface area contributed by atoms with Crippen molar-refractivity contribution in [2.45, 2.75) is 12.5 Å². The zero-order valence-electron chi connectivity index (χ0n) is 14.3. The highest BCUT2D eigenvalue weighted by atomic mass is 16.5. The van der Waals surface area contributed by atoms with Crippen LogP contribution in [-0.4, -0.2) is 42.7 Å². The first-order valence-electron chi connectivity index (χ1n) is 8.34. The fourth-order valence-corrected chi connectivity index (χ4v) is 3.25. The van der Waals surface area contributed by atoms with Crippen molar-refractivity contribution in [3.05, 3.63) is 42.7 Å². The molecule has 130 valence electrons. The molecule has 0 unspecified atom stereocenters. The maximum atomic E-state index is 5.92. The van der Waals surface area contributed by atoms with Crippen LogP contribution in [0.4, 0.5) is 5.69 Å². The maximum Gasteiger partial charge on any atom is 0.165 e. The average molecular weight is 339 g/mol. The summed E-state index contributed by atoms with van der Waals surface area (Å²) in [6.07, 6.45) is 10.3. The Bertz CT molecular complexity index is 856. The lowest BCUT2D eigenvalue weighted by Gasteiger charge is -2.18. The second-order valence-electron chi connectivity index (χ2n) is 6.40. The van der Waals surface area contributed by atoms with Gasteiger partial charge < -0.3 is 14.6 Å². The number of nitrogens with zero attached hydrogens (tertiary/aromatic N) is 6. The van der Waals surface area contributed by atoms with Crippen LogP contribution in [0.3, 0.4) is 0 Å². The molecule has 2 atom stereocenters. The van der Waals surface area contributed by atoms with E-state index in [2.05, 4.69) is 25.6 Å². The van der Waals surface area contributed by atoms with Gasteiger partial charge in [0.15, 0.2) is 5.82 Å². The fraction of sp³-hybridized carbons (Fsp3) is 0.412. The Kier molecular flexibility index (Phi) is 4.19. The minimum Gasteiger partial charge on any atom is -0.383 e. The van der Waals surface area contributed by atoms with E-state index in [4.69, 9.17) is 4.74 Å². The third kappa shape index (κ3) is 3.25. The summed E-state index contributed by atoms with van der Waals surface area (Å²) in [4.78, 5) is 4.32. The Morgan fingerprint density at radius 1 is 1.28 bits per heavy atom. The predicted octanol–water partition coefficient (Wildman–Crippen LogP) is 1.80. The molecule has 8 nitrogen and oxygen atoms in total. The van der Waals surface area contributed by atoms with Crippen LogP contribution in [0.2, 0.25) is 0 Å². The Balaban J connectivity index is 1.45. The summed E-state index contributed by atoms with van der Waals surface area (Å²) in [5.41, 5.74) is 3.05. The van der Waals surface area contributed by atoms with Gasteiger partial charge in [0.1, 0.15) is 6.33 Å². The lowest BCUT2D eigenvalue weighted by Crippen LogP contribution is -2.17. The van der Waals surface area contributed by atoms with E-state index in [0.29, 0.717) is 5.92 Å². The van der Waals surface area contributed by atoms with E-state index in [9.17, 15) is 0 Å². The molecule has 1 fully saturated rings. The fourth-order valence-electron chi connectivity index (χ4n) is 3.25. The molecule has 4 rings (SSSR count). The average Bonchev–Trinajstić information content (AvgIpc) is 3.34. The van der Waals surface area contributed by atoms with Gasteiger partial charge in [-0.15, -0.1) is 10.2 Å². The monoisotopic (exact) mass is 339 g/mol. The van der Waals surface area contributed by atoms with Crippen LogP contribution in [0, 0.1) is 5.92 Å². The lowest BCUT2D eigenvalue weighted by atomic mass is 9.97. The number of rotatable bonds is 5. The number of aromatic nitrogens is 6. The largest absolute Gasteiger partial charge is 0.383 e. The minimum atomic E-state index is 0.0936. The van der Waals surface area contributed by atoms with Gasteiger partial charge in [0.2, 0.25) is 0 Å². The highest BCUT2D eigenvalue weighted by molar-refractivity contribution is 5.60. The van der Waals surface area contributed by atoms with E-state index in [0.717, 1.165) is 42.2 Å². The van der Waals surface area contributed by atoms with Crippen molar-refractivity contribution in [1.29, 1.82) is 0 Å². The molecular formula is C17H21N7O. The molecule has 8 heteroatoms. The van der Waals surface area contributed by atoms with Gasteiger partial charge in [-0.2, -0.15) is 5.10 Å². The summed E-state index contributed by atoms with van der Waals surface area (Å²) in [6, 6.07) is 2.05. The number of ether oxygens (including phenoxy) is 1. The van der Waals surface area contributed by atoms with Crippen molar-refractivity contribution < 1.29 is 4.74 Å². The summed E-state index contributed by atoms with van der Waals surface area (Å²) in [5.74, 6) is 1.20. The molecule has 3 aromatic heterocycles. The first kappa shape index (κ1) is 15.8. The van der Waals surface area contributed by atoms with Crippen molar-refractivity contribution in [3.63, 3.8) is 0 Å². The van der Waals surface area contributed by atoms with Crippen LogP contribution in [0.5, 0.6) is 0 Å². The maximum absolute atomic E-state index is 5.92. The summed E-state index contributed by atoms with van der Waals surface area (Å²) in [5, 5.41) is 15.8. The van der Waals surface area contributed by atoms with E-state index < -0.39 is 0 Å². The Labute approximate surface area is 145 Å². The summed E-state index contributed by atoms with van der Waals surface area (Å²) >= 11 is 0. The zero-order valence-corrected chi connectivity index (χ0v) is 14.3. The second-order valence-corrected chi connectivity index (χ2v) is 6.40. The molecular weight excluding hydrogens is 318 g/mol. The van der Waals surface area contributed by atoms with Gasteiger partial charge in [-0.25, -0.2) is 0 Å². The van der Waals surface area contributed by atoms with Gasteiger partial charge in [-0.3, -0.25) is 9.67 Å². The smallest absolute Gasteiger partial charge is 0.165 e. The van der Waals surface area contributed by atoms with Crippen molar-refractivity contribution >= 4 is 5.69 Å². The van der Waals surface area contributed by atoms with E-state index in [-0.39, 0.29) is 6.10 Å². The third-order valence-corrected chi connectivity index (χ3v) is 4.54. The van der Waals surface area contributed by atoms with Crippen molar-refractivity contribution in [2.75, 3.05) is 18.5 Å². The normalized spacial score (nSPS) is 20.1. The van der Waals surface area contributed by atoms with Gasteiger partial charge in [0, 0.05) is 62.9 Å². The lowest BCUT2D eigenvalue weighted by molar-refractivity contribution is 0.0932. The van der Waals surface area contributed by atoms with E-state index in [1.54, 1.807) is 12.5 Å². The van der Waals surface area contributed by atoms with Gasteiger partial charge >= 0.3 is 0 Å². The van der Waals surface area contributed by atoms with Crippen LogP contribution in [-0.2, 0) is 18.8 Å². The topological polar surface area (TPSA) is 82.7 Å². The number of hydrogen-bond donors (Lipinski definition) is 1. The van der Waals surface area contributed by atoms with Crippen LogP contribution in [0.25, 0.3) is 11.4 Å². The van der Waals surface area contributed by atoms with Crippen LogP contribution in [0.15, 0.2) is 37.2 Å². The molecule has 4 heterocycles. The SMILES string of the molecule is Cn1cc([C@H]2OCC[C@@H]2CNc2cncc(-c3nncn3C)c2)cn1. The number of hydrogen-bond acceptors (Lipinski definition) is 6. The summed E-state index contributed by atoms with van der Waals surface area (Å²) in [7, 11) is 3.85. The summed E-state index contributed by atoms with van der Waals surface area (Å²) in [6.45, 7) is 1.60. The number of aryl methyl sites for hydroxylation is 2. The van der Waals surface area contributed by atoms with Crippen LogP contribution >= 0.6 is 0 Å². The zero-order chi connectivity index (χ0) is 17.2. The van der Waals surface area contributed by atoms with E-state index in [1.165, 1.54) is 0 Å². The molecule has 0 spiro atoms. The van der Waals surface area contributed by atoms with E-state index in [1.807, 2.05) is 48.0 Å². The van der Waals surface area contributed by atoms with E-state index >= 15 is 0 Å². The molecule has 1 saturated heterocycles. The molecule has 1 aliphatic rings. The van der Waals surface area contributed by atoms with Crippen molar-refractivity contribution in [1.82, 2.24) is 29.5 Å². The predicted molar refractivity (Wildman–Crippen MR) is 92.7 cm³/mol. The molecule has 0 saturated carbocycles. The highest BCUT2D eigenvalue weighted by Crippen LogP contribution is 2.34. The Hall–Kier alpha value is -2.74. The van der Waals surface area contributed by atoms with Gasteiger partial charge in [-0.1, -0.05) is 0 Å². The molecule has 0 aromatic carbocycles. The van der Waals surface area contributed by atoms with Gasteiger partial charge in [0.25, 0.3) is 0 Å². The molecule has 0 amide bonds. The number of nitrogens with one attached hydrogen (secondary N) is 1. The molecule has 1 aliphatic heterocycles.